The highest BCUT2D eigenvalue weighted by Gasteiger charge is 2.50. The minimum Gasteiger partial charge on any atom is -0.385 e. The fourth-order valence-corrected chi connectivity index (χ4v) is 3.70. The second-order valence-electron chi connectivity index (χ2n) is 6.23. The van der Waals surface area contributed by atoms with E-state index in [1.807, 2.05) is 0 Å². The van der Waals surface area contributed by atoms with Crippen LogP contribution in [0.5, 0.6) is 0 Å². The van der Waals surface area contributed by atoms with Gasteiger partial charge in [-0.25, -0.2) is 8.42 Å². The first-order chi connectivity index (χ1) is 12.2. The summed E-state index contributed by atoms with van der Waals surface area (Å²) in [5.74, 6) is 0.747. The van der Waals surface area contributed by atoms with Gasteiger partial charge in [0.15, 0.2) is 5.96 Å². The van der Waals surface area contributed by atoms with E-state index in [4.69, 9.17) is 4.74 Å². The number of hydrogen-bond acceptors (Lipinski definition) is 4. The minimum atomic E-state index is -5.23. The van der Waals surface area contributed by atoms with Crippen LogP contribution >= 0.6 is 24.0 Å². The molecule has 0 radical (unpaired) electrons. The Morgan fingerprint density at radius 1 is 1.19 bits per heavy atom. The van der Waals surface area contributed by atoms with Crippen molar-refractivity contribution in [3.63, 3.8) is 0 Å². The lowest BCUT2D eigenvalue weighted by molar-refractivity contribution is -0.0496. The number of methoxy groups -OCH3 is 1. The Kier molecular flexibility index (Phi) is 12.8. The van der Waals surface area contributed by atoms with Crippen molar-refractivity contribution in [1.82, 2.24) is 14.9 Å². The number of aliphatic imine (C=N–C) groups is 1. The Bertz CT molecular complexity index is 539. The molecule has 0 amide bonds. The van der Waals surface area contributed by atoms with Gasteiger partial charge in [-0.3, -0.25) is 4.99 Å². The molecule has 1 heterocycles. The second kappa shape index (κ2) is 13.0. The zero-order valence-corrected chi connectivity index (χ0v) is 18.9. The number of alkyl halides is 3. The van der Waals surface area contributed by atoms with Gasteiger partial charge in [-0.05, 0) is 38.0 Å². The van der Waals surface area contributed by atoms with Crippen LogP contribution in [-0.2, 0) is 14.8 Å². The Balaban J connectivity index is 0.00000676. The number of unbranched alkanes of at least 4 members (excludes halogenated alkanes) is 2. The van der Waals surface area contributed by atoms with Crippen LogP contribution in [0.3, 0.4) is 0 Å². The average Bonchev–Trinajstić information content (AvgIpc) is 2.60. The van der Waals surface area contributed by atoms with Crippen molar-refractivity contribution in [2.45, 2.75) is 37.6 Å². The molecule has 0 saturated carbocycles. The molecule has 7 nitrogen and oxygen atoms in total. The Hall–Kier alpha value is -0.340. The number of sulfonamides is 1. The first-order valence-electron chi connectivity index (χ1n) is 8.72. The van der Waals surface area contributed by atoms with Crippen molar-refractivity contribution < 1.29 is 26.3 Å². The fourth-order valence-electron chi connectivity index (χ4n) is 2.72. The number of halogens is 4. The van der Waals surface area contributed by atoms with E-state index in [2.05, 4.69) is 15.6 Å². The van der Waals surface area contributed by atoms with Crippen molar-refractivity contribution in [2.24, 2.45) is 10.9 Å². The summed E-state index contributed by atoms with van der Waals surface area (Å²) >= 11 is 0. The largest absolute Gasteiger partial charge is 0.511 e. The molecule has 0 atom stereocenters. The molecule has 0 aromatic rings. The maximum atomic E-state index is 12.6. The number of guanidine groups is 1. The van der Waals surface area contributed by atoms with Gasteiger partial charge in [0.25, 0.3) is 0 Å². The van der Waals surface area contributed by atoms with Crippen LogP contribution in [0.1, 0.15) is 32.1 Å². The number of nitrogens with zero attached hydrogens (tertiary/aromatic N) is 2. The molecule has 27 heavy (non-hydrogen) atoms. The second-order valence-corrected chi connectivity index (χ2v) is 8.16. The third-order valence-electron chi connectivity index (χ3n) is 4.31. The van der Waals surface area contributed by atoms with Crippen LogP contribution in [0.15, 0.2) is 4.99 Å². The molecule has 1 aliphatic heterocycles. The van der Waals surface area contributed by atoms with Crippen molar-refractivity contribution >= 4 is 40.0 Å². The molecule has 2 N–H and O–H groups in total. The van der Waals surface area contributed by atoms with Crippen LogP contribution in [0, 0.1) is 5.92 Å². The molecule has 0 aromatic carbocycles. The highest BCUT2D eigenvalue weighted by Crippen LogP contribution is 2.30. The fraction of sp³-hybridized carbons (Fsp3) is 0.933. The summed E-state index contributed by atoms with van der Waals surface area (Å²) in [6.45, 7) is 1.84. The number of nitrogens with one attached hydrogen (secondary N) is 2. The summed E-state index contributed by atoms with van der Waals surface area (Å²) in [6, 6.07) is 0. The van der Waals surface area contributed by atoms with Crippen LogP contribution < -0.4 is 10.6 Å². The van der Waals surface area contributed by atoms with Gasteiger partial charge in [-0.1, -0.05) is 0 Å². The van der Waals surface area contributed by atoms with Gasteiger partial charge in [0, 0.05) is 46.9 Å². The van der Waals surface area contributed by atoms with Crippen molar-refractivity contribution in [2.75, 3.05) is 46.9 Å². The van der Waals surface area contributed by atoms with Gasteiger partial charge >= 0.3 is 15.5 Å². The predicted molar refractivity (Wildman–Crippen MR) is 110 cm³/mol. The van der Waals surface area contributed by atoms with E-state index in [9.17, 15) is 21.6 Å². The highest BCUT2D eigenvalue weighted by atomic mass is 127. The van der Waals surface area contributed by atoms with E-state index in [1.165, 1.54) is 0 Å². The SMILES string of the molecule is CN=C(NCCCCCOC)NCC1CCN(S(=O)(=O)C(F)(F)F)CC1.I. The number of piperidine rings is 1. The van der Waals surface area contributed by atoms with Crippen LogP contribution in [0.2, 0.25) is 0 Å². The first-order valence-corrected chi connectivity index (χ1v) is 10.2. The average molecular weight is 530 g/mol. The molecule has 0 bridgehead atoms. The normalized spacial score (nSPS) is 17.4. The third kappa shape index (κ3) is 9.13. The highest BCUT2D eigenvalue weighted by molar-refractivity contribution is 14.0. The van der Waals surface area contributed by atoms with E-state index >= 15 is 0 Å². The lowest BCUT2D eigenvalue weighted by Crippen LogP contribution is -2.47. The molecule has 1 saturated heterocycles. The molecule has 1 rings (SSSR count). The Morgan fingerprint density at radius 3 is 2.33 bits per heavy atom. The van der Waals surface area contributed by atoms with E-state index in [-0.39, 0.29) is 43.0 Å². The molecule has 1 fully saturated rings. The third-order valence-corrected chi connectivity index (χ3v) is 5.94. The van der Waals surface area contributed by atoms with E-state index < -0.39 is 15.5 Å². The summed E-state index contributed by atoms with van der Waals surface area (Å²) in [7, 11) is -1.89. The zero-order valence-electron chi connectivity index (χ0n) is 15.7. The van der Waals surface area contributed by atoms with E-state index in [1.54, 1.807) is 14.2 Å². The maximum absolute atomic E-state index is 12.6. The molecule has 0 aliphatic carbocycles. The molecule has 0 spiro atoms. The smallest absolute Gasteiger partial charge is 0.385 e. The van der Waals surface area contributed by atoms with E-state index in [0.717, 1.165) is 32.4 Å². The monoisotopic (exact) mass is 530 g/mol. The van der Waals surface area contributed by atoms with Crippen molar-refractivity contribution in [3.8, 4) is 0 Å². The molecule has 1 aliphatic rings. The quantitative estimate of drug-likeness (QED) is 0.207. The summed E-state index contributed by atoms with van der Waals surface area (Å²) in [4.78, 5) is 4.11. The molecule has 162 valence electrons. The molecule has 12 heteroatoms. The summed E-state index contributed by atoms with van der Waals surface area (Å²) in [5, 5.41) is 6.33. The summed E-state index contributed by atoms with van der Waals surface area (Å²) in [5.41, 5.74) is -5.23. The molecular formula is C15H30F3IN4O3S. The maximum Gasteiger partial charge on any atom is 0.511 e. The van der Waals surface area contributed by atoms with Crippen molar-refractivity contribution in [3.05, 3.63) is 0 Å². The predicted octanol–water partition coefficient (Wildman–Crippen LogP) is 2.15. The van der Waals surface area contributed by atoms with Gasteiger partial charge < -0.3 is 15.4 Å². The van der Waals surface area contributed by atoms with Gasteiger partial charge in [0.1, 0.15) is 0 Å². The van der Waals surface area contributed by atoms with Crippen LogP contribution in [0.4, 0.5) is 13.2 Å². The zero-order chi connectivity index (χ0) is 19.6. The van der Waals surface area contributed by atoms with Crippen LogP contribution in [0.25, 0.3) is 0 Å². The first kappa shape index (κ1) is 26.7. The topological polar surface area (TPSA) is 83.0 Å². The Labute approximate surface area is 176 Å². The van der Waals surface area contributed by atoms with E-state index in [0.29, 0.717) is 29.7 Å². The molecule has 0 unspecified atom stereocenters. The number of hydrogen-bond donors (Lipinski definition) is 2. The molecule has 0 aromatic heterocycles. The van der Waals surface area contributed by atoms with Crippen LogP contribution in [-0.4, -0.2) is 71.1 Å². The van der Waals surface area contributed by atoms with Gasteiger partial charge in [-0.15, -0.1) is 24.0 Å². The van der Waals surface area contributed by atoms with Gasteiger partial charge in [-0.2, -0.15) is 17.5 Å². The summed E-state index contributed by atoms with van der Waals surface area (Å²) < 4.78 is 66.0. The van der Waals surface area contributed by atoms with Gasteiger partial charge in [0.05, 0.1) is 0 Å². The standard InChI is InChI=1S/C15H29F3N4O3S.HI/c1-19-14(20-8-4-3-5-11-25-2)21-12-13-6-9-22(10-7-13)26(23,24)15(16,17)18;/h13H,3-12H2,1-2H3,(H2,19,20,21);1H. The number of rotatable bonds is 9. The lowest BCUT2D eigenvalue weighted by atomic mass is 9.98. The summed E-state index contributed by atoms with van der Waals surface area (Å²) in [6.07, 6.45) is 3.80. The molecular weight excluding hydrogens is 500 g/mol. The minimum absolute atomic E-state index is 0. The van der Waals surface area contributed by atoms with Crippen molar-refractivity contribution in [1.29, 1.82) is 0 Å². The Morgan fingerprint density at radius 2 is 1.81 bits per heavy atom. The lowest BCUT2D eigenvalue weighted by Gasteiger charge is -2.31. The number of ether oxygens (including phenoxy) is 1. The van der Waals surface area contributed by atoms with Gasteiger partial charge in [0.2, 0.25) is 0 Å².